The van der Waals surface area contributed by atoms with Gasteiger partial charge in [-0.2, -0.15) is 0 Å². The molecule has 2 aromatic rings. The van der Waals surface area contributed by atoms with Crippen molar-refractivity contribution < 1.29 is 23.6 Å². The van der Waals surface area contributed by atoms with Crippen LogP contribution in [0.5, 0.6) is 5.75 Å². The molecule has 0 aliphatic carbocycles. The number of halogens is 2. The molecule has 0 amide bonds. The highest BCUT2D eigenvalue weighted by Crippen LogP contribution is 2.20. The molecule has 3 nitrogen and oxygen atoms in total. The van der Waals surface area contributed by atoms with Gasteiger partial charge in [0.05, 0.1) is 0 Å². The van der Waals surface area contributed by atoms with Gasteiger partial charge in [0.1, 0.15) is 24.0 Å². The second-order valence-electron chi connectivity index (χ2n) is 4.42. The summed E-state index contributed by atoms with van der Waals surface area (Å²) < 4.78 is 32.1. The van der Waals surface area contributed by atoms with Gasteiger partial charge in [0, 0.05) is 5.56 Å². The predicted molar refractivity (Wildman–Crippen MR) is 71.7 cm³/mol. The fourth-order valence-electron chi connectivity index (χ4n) is 1.77. The van der Waals surface area contributed by atoms with E-state index < -0.39 is 12.9 Å². The number of aryl methyl sites for hydroxylation is 1. The Bertz CT molecular complexity index is 617. The third-order valence-electron chi connectivity index (χ3n) is 2.90. The molecule has 20 heavy (non-hydrogen) atoms. The largest absolute Gasteiger partial charge is 0.489 e. The second kappa shape index (κ2) is 6.03. The number of ether oxygens (including phenoxy) is 1. The van der Waals surface area contributed by atoms with Crippen molar-refractivity contribution in [2.24, 2.45) is 0 Å². The van der Waals surface area contributed by atoms with Crippen LogP contribution in [-0.2, 0) is 6.61 Å². The highest BCUT2D eigenvalue weighted by atomic mass is 19.1. The summed E-state index contributed by atoms with van der Waals surface area (Å²) in [4.78, 5) is 0. The summed E-state index contributed by atoms with van der Waals surface area (Å²) in [5.41, 5.74) is 0.968. The predicted octanol–water partition coefficient (Wildman–Crippen LogP) is 1.53. The van der Waals surface area contributed by atoms with Gasteiger partial charge in [-0.15, -0.1) is 0 Å². The van der Waals surface area contributed by atoms with Crippen molar-refractivity contribution in [1.29, 1.82) is 0 Å². The number of hydrogen-bond donors (Lipinski definition) is 2. The maximum atomic E-state index is 13.7. The first kappa shape index (κ1) is 14.5. The summed E-state index contributed by atoms with van der Waals surface area (Å²) in [5.74, 6) is -0.477. The van der Waals surface area contributed by atoms with Crippen LogP contribution in [0.25, 0.3) is 0 Å². The van der Waals surface area contributed by atoms with Gasteiger partial charge in [-0.25, -0.2) is 8.78 Å². The van der Waals surface area contributed by atoms with E-state index in [0.717, 1.165) is 6.07 Å². The van der Waals surface area contributed by atoms with Crippen LogP contribution in [-0.4, -0.2) is 17.2 Å². The van der Waals surface area contributed by atoms with E-state index in [0.29, 0.717) is 11.3 Å². The fourth-order valence-corrected chi connectivity index (χ4v) is 1.77. The van der Waals surface area contributed by atoms with E-state index in [1.54, 1.807) is 6.92 Å². The Labute approximate surface area is 115 Å². The lowest BCUT2D eigenvalue weighted by molar-refractivity contribution is 0.297. The van der Waals surface area contributed by atoms with E-state index >= 15 is 0 Å². The van der Waals surface area contributed by atoms with Crippen molar-refractivity contribution in [3.63, 3.8) is 0 Å². The third kappa shape index (κ3) is 3.34. The number of rotatable bonds is 4. The van der Waals surface area contributed by atoms with Crippen molar-refractivity contribution >= 4 is 12.6 Å². The lowest BCUT2D eigenvalue weighted by atomic mass is 9.80. The maximum Gasteiger partial charge on any atom is 0.488 e. The molecule has 0 saturated carbocycles. The molecule has 0 aliphatic rings. The molecular weight excluding hydrogens is 265 g/mol. The monoisotopic (exact) mass is 278 g/mol. The van der Waals surface area contributed by atoms with Crippen LogP contribution >= 0.6 is 0 Å². The zero-order valence-corrected chi connectivity index (χ0v) is 10.8. The molecule has 0 heterocycles. The molecule has 0 unspecified atom stereocenters. The quantitative estimate of drug-likeness (QED) is 0.834. The number of hydrogen-bond acceptors (Lipinski definition) is 3. The molecule has 6 heteroatoms. The van der Waals surface area contributed by atoms with Crippen molar-refractivity contribution in [3.05, 3.63) is 59.2 Å². The minimum Gasteiger partial charge on any atom is -0.489 e. The molecule has 0 atom stereocenters. The van der Waals surface area contributed by atoms with Crippen LogP contribution in [0.4, 0.5) is 8.78 Å². The van der Waals surface area contributed by atoms with Gasteiger partial charge >= 0.3 is 7.12 Å². The van der Waals surface area contributed by atoms with E-state index in [9.17, 15) is 8.78 Å². The molecule has 0 bridgehead atoms. The SMILES string of the molecule is Cc1cc(F)ccc1OCc1ccc(B(O)O)cc1F. The van der Waals surface area contributed by atoms with Gasteiger partial charge in [-0.3, -0.25) is 0 Å². The zero-order valence-electron chi connectivity index (χ0n) is 10.8. The molecule has 0 radical (unpaired) electrons. The van der Waals surface area contributed by atoms with Crippen molar-refractivity contribution in [2.45, 2.75) is 13.5 Å². The van der Waals surface area contributed by atoms with E-state index in [2.05, 4.69) is 0 Å². The molecule has 0 aromatic heterocycles. The van der Waals surface area contributed by atoms with E-state index in [-0.39, 0.29) is 23.5 Å². The van der Waals surface area contributed by atoms with Gasteiger partial charge in [0.2, 0.25) is 0 Å². The summed E-state index contributed by atoms with van der Waals surface area (Å²) in [6.07, 6.45) is 0. The zero-order chi connectivity index (χ0) is 14.7. The standard InChI is InChI=1S/C14H13BF2O3/c1-9-6-12(16)4-5-14(9)20-8-10-2-3-11(15(18)19)7-13(10)17/h2-7,18-19H,8H2,1H3. The average Bonchev–Trinajstić information content (AvgIpc) is 2.38. The molecule has 104 valence electrons. The van der Waals surface area contributed by atoms with Gasteiger partial charge in [0.25, 0.3) is 0 Å². The van der Waals surface area contributed by atoms with Crippen LogP contribution in [0.15, 0.2) is 36.4 Å². The molecule has 2 N–H and O–H groups in total. The fraction of sp³-hybridized carbons (Fsp3) is 0.143. The maximum absolute atomic E-state index is 13.7. The van der Waals surface area contributed by atoms with Gasteiger partial charge < -0.3 is 14.8 Å². The normalized spacial score (nSPS) is 10.4. The molecule has 2 rings (SSSR count). The van der Waals surface area contributed by atoms with E-state index in [4.69, 9.17) is 14.8 Å². The molecule has 0 aliphatic heterocycles. The molecular formula is C14H13BF2O3. The molecule has 2 aromatic carbocycles. The van der Waals surface area contributed by atoms with Crippen LogP contribution in [0.2, 0.25) is 0 Å². The smallest absolute Gasteiger partial charge is 0.488 e. The van der Waals surface area contributed by atoms with E-state index in [1.807, 2.05) is 0 Å². The minimum absolute atomic E-state index is 0.0277. The highest BCUT2D eigenvalue weighted by Gasteiger charge is 2.14. The topological polar surface area (TPSA) is 49.7 Å². The molecule has 0 saturated heterocycles. The first-order valence-electron chi connectivity index (χ1n) is 6.01. The Morgan fingerprint density at radius 1 is 1.10 bits per heavy atom. The summed E-state index contributed by atoms with van der Waals surface area (Å²) >= 11 is 0. The number of benzene rings is 2. The van der Waals surface area contributed by atoms with Gasteiger partial charge in [0.15, 0.2) is 0 Å². The summed E-state index contributed by atoms with van der Waals surface area (Å²) in [7, 11) is -1.71. The van der Waals surface area contributed by atoms with Crippen LogP contribution < -0.4 is 10.2 Å². The third-order valence-corrected chi connectivity index (χ3v) is 2.90. The Balaban J connectivity index is 2.11. The Hall–Kier alpha value is -1.92. The van der Waals surface area contributed by atoms with Crippen molar-refractivity contribution in [3.8, 4) is 5.75 Å². The summed E-state index contributed by atoms with van der Waals surface area (Å²) in [5, 5.41) is 17.9. The first-order valence-corrected chi connectivity index (χ1v) is 6.01. The molecule has 0 spiro atoms. The Kier molecular flexibility index (Phi) is 4.37. The Morgan fingerprint density at radius 3 is 2.45 bits per heavy atom. The molecule has 0 fully saturated rings. The summed E-state index contributed by atoms with van der Waals surface area (Å²) in [6.45, 7) is 1.67. The summed E-state index contributed by atoms with van der Waals surface area (Å²) in [6, 6.07) is 7.95. The Morgan fingerprint density at radius 2 is 1.85 bits per heavy atom. The van der Waals surface area contributed by atoms with Gasteiger partial charge in [-0.05, 0) is 42.2 Å². The van der Waals surface area contributed by atoms with Crippen LogP contribution in [0, 0.1) is 18.6 Å². The lowest BCUT2D eigenvalue weighted by Gasteiger charge is -2.10. The second-order valence-corrected chi connectivity index (χ2v) is 4.42. The average molecular weight is 278 g/mol. The highest BCUT2D eigenvalue weighted by molar-refractivity contribution is 6.58. The lowest BCUT2D eigenvalue weighted by Crippen LogP contribution is -2.30. The van der Waals surface area contributed by atoms with Crippen molar-refractivity contribution in [1.82, 2.24) is 0 Å². The van der Waals surface area contributed by atoms with Gasteiger partial charge in [-0.1, -0.05) is 12.1 Å². The first-order chi connectivity index (χ1) is 9.47. The van der Waals surface area contributed by atoms with Crippen LogP contribution in [0.3, 0.4) is 0 Å². The van der Waals surface area contributed by atoms with Crippen molar-refractivity contribution in [2.75, 3.05) is 0 Å². The minimum atomic E-state index is -1.71. The van der Waals surface area contributed by atoms with E-state index in [1.165, 1.54) is 30.3 Å². The van der Waals surface area contributed by atoms with Crippen LogP contribution in [0.1, 0.15) is 11.1 Å².